The van der Waals surface area contributed by atoms with E-state index in [9.17, 15) is 15.2 Å². The van der Waals surface area contributed by atoms with Crippen LogP contribution in [-0.2, 0) is 5.41 Å². The second-order valence-electron chi connectivity index (χ2n) is 9.11. The first-order valence-corrected chi connectivity index (χ1v) is 9.95. The van der Waals surface area contributed by atoms with Crippen LogP contribution in [0, 0.1) is 36.0 Å². The van der Waals surface area contributed by atoms with Gasteiger partial charge in [0.15, 0.2) is 0 Å². The lowest BCUT2D eigenvalue weighted by atomic mass is 9.48. The van der Waals surface area contributed by atoms with Crippen LogP contribution in [0.25, 0.3) is 11.1 Å². The zero-order valence-electron chi connectivity index (χ0n) is 15.6. The highest BCUT2D eigenvalue weighted by Crippen LogP contribution is 2.61. The van der Waals surface area contributed by atoms with Crippen LogP contribution in [0.4, 0.5) is 0 Å². The Labute approximate surface area is 158 Å². The van der Waals surface area contributed by atoms with Gasteiger partial charge in [-0.1, -0.05) is 6.07 Å². The second-order valence-corrected chi connectivity index (χ2v) is 9.11. The lowest BCUT2D eigenvalue weighted by molar-refractivity contribution is -0.00518. The van der Waals surface area contributed by atoms with Crippen LogP contribution in [0.1, 0.15) is 55.3 Å². The van der Waals surface area contributed by atoms with Crippen LogP contribution in [0.15, 0.2) is 29.1 Å². The average Bonchev–Trinajstić information content (AvgIpc) is 2.60. The van der Waals surface area contributed by atoms with Crippen molar-refractivity contribution in [1.82, 2.24) is 4.98 Å². The van der Waals surface area contributed by atoms with Crippen molar-refractivity contribution >= 4 is 0 Å². The van der Waals surface area contributed by atoms with Crippen LogP contribution in [0.5, 0.6) is 5.75 Å². The molecule has 4 aliphatic rings. The molecule has 0 aliphatic heterocycles. The molecule has 4 heteroatoms. The van der Waals surface area contributed by atoms with Crippen molar-refractivity contribution in [2.45, 2.75) is 50.9 Å². The molecule has 138 valence electrons. The Balaban J connectivity index is 1.66. The van der Waals surface area contributed by atoms with Gasteiger partial charge in [0.25, 0.3) is 5.56 Å². The summed E-state index contributed by atoms with van der Waals surface area (Å²) in [5.74, 6) is 2.64. The first-order valence-electron chi connectivity index (χ1n) is 9.95. The Morgan fingerprint density at radius 3 is 2.30 bits per heavy atom. The largest absolute Gasteiger partial charge is 0.507 e. The van der Waals surface area contributed by atoms with E-state index in [4.69, 9.17) is 0 Å². The smallest absolute Gasteiger partial charge is 0.266 e. The first kappa shape index (κ1) is 16.6. The number of aromatic amines is 1. The standard InChI is InChI=1S/C23H24N2O2/c1-13-4-18(20(12-24)22(27)25-13)19-8-17(2-3-21(19)26)23-9-14-5-15(10-23)7-16(6-14)11-23/h2-4,8,14-16,26H,5-7,9-11H2,1H3,(H,25,27). The molecule has 4 bridgehead atoms. The van der Waals surface area contributed by atoms with E-state index in [0.29, 0.717) is 16.8 Å². The summed E-state index contributed by atoms with van der Waals surface area (Å²) in [6, 6.07) is 9.68. The SMILES string of the molecule is Cc1cc(-c2cc(C34CC5CC(CC(C5)C3)C4)ccc2O)c(C#N)c(=O)[nH]1. The zero-order chi connectivity index (χ0) is 18.8. The van der Waals surface area contributed by atoms with Crippen molar-refractivity contribution in [3.63, 3.8) is 0 Å². The molecule has 1 aromatic heterocycles. The molecular weight excluding hydrogens is 336 g/mol. The van der Waals surface area contributed by atoms with Crippen molar-refractivity contribution < 1.29 is 5.11 Å². The minimum Gasteiger partial charge on any atom is -0.507 e. The Morgan fingerprint density at radius 1 is 1.07 bits per heavy atom. The Morgan fingerprint density at radius 2 is 1.70 bits per heavy atom. The van der Waals surface area contributed by atoms with Crippen molar-refractivity contribution in [3.05, 3.63) is 51.4 Å². The van der Waals surface area contributed by atoms with E-state index in [-0.39, 0.29) is 16.7 Å². The minimum atomic E-state index is -0.396. The second kappa shape index (κ2) is 5.73. The van der Waals surface area contributed by atoms with Gasteiger partial charge in [-0.25, -0.2) is 0 Å². The van der Waals surface area contributed by atoms with E-state index in [1.54, 1.807) is 19.1 Å². The molecule has 4 saturated carbocycles. The van der Waals surface area contributed by atoms with Gasteiger partial charge in [0.05, 0.1) is 0 Å². The number of H-pyrrole nitrogens is 1. The van der Waals surface area contributed by atoms with E-state index in [1.165, 1.54) is 44.1 Å². The number of hydrogen-bond donors (Lipinski definition) is 2. The quantitative estimate of drug-likeness (QED) is 0.833. The lowest BCUT2D eigenvalue weighted by Crippen LogP contribution is -2.48. The molecule has 4 fully saturated rings. The summed E-state index contributed by atoms with van der Waals surface area (Å²) in [4.78, 5) is 14.9. The summed E-state index contributed by atoms with van der Waals surface area (Å²) in [5.41, 5.74) is 2.98. The Hall–Kier alpha value is -2.54. The number of aryl methyl sites for hydroxylation is 1. The molecule has 1 heterocycles. The molecule has 27 heavy (non-hydrogen) atoms. The average molecular weight is 360 g/mol. The van der Waals surface area contributed by atoms with Gasteiger partial charge >= 0.3 is 0 Å². The lowest BCUT2D eigenvalue weighted by Gasteiger charge is -2.57. The Bertz CT molecular complexity index is 992. The monoisotopic (exact) mass is 360 g/mol. The van der Waals surface area contributed by atoms with Crippen LogP contribution >= 0.6 is 0 Å². The highest BCUT2D eigenvalue weighted by atomic mass is 16.3. The van der Waals surface area contributed by atoms with Crippen LogP contribution in [-0.4, -0.2) is 10.1 Å². The van der Waals surface area contributed by atoms with Gasteiger partial charge in [-0.3, -0.25) is 4.79 Å². The van der Waals surface area contributed by atoms with Crippen molar-refractivity contribution in [3.8, 4) is 22.9 Å². The van der Waals surface area contributed by atoms with Gasteiger partial charge in [0, 0.05) is 16.8 Å². The molecule has 0 unspecified atom stereocenters. The molecule has 4 aliphatic carbocycles. The molecule has 2 aromatic rings. The van der Waals surface area contributed by atoms with Gasteiger partial charge in [-0.05, 0) is 92.4 Å². The van der Waals surface area contributed by atoms with Gasteiger partial charge in [-0.2, -0.15) is 5.26 Å². The first-order chi connectivity index (χ1) is 13.0. The summed E-state index contributed by atoms with van der Waals surface area (Å²) >= 11 is 0. The number of nitrogens with one attached hydrogen (secondary N) is 1. The number of nitriles is 1. The zero-order valence-corrected chi connectivity index (χ0v) is 15.6. The molecule has 0 spiro atoms. The molecule has 2 N–H and O–H groups in total. The molecule has 4 nitrogen and oxygen atoms in total. The number of pyridine rings is 1. The van der Waals surface area contributed by atoms with Crippen LogP contribution in [0.3, 0.4) is 0 Å². The van der Waals surface area contributed by atoms with Crippen molar-refractivity contribution in [1.29, 1.82) is 5.26 Å². The van der Waals surface area contributed by atoms with E-state index in [2.05, 4.69) is 17.1 Å². The number of aromatic hydroxyl groups is 1. The van der Waals surface area contributed by atoms with Gasteiger partial charge in [-0.15, -0.1) is 0 Å². The van der Waals surface area contributed by atoms with Gasteiger partial charge < -0.3 is 10.1 Å². The topological polar surface area (TPSA) is 76.9 Å². The highest BCUT2D eigenvalue weighted by molar-refractivity contribution is 5.76. The number of aromatic nitrogens is 1. The Kier molecular flexibility index (Phi) is 3.53. The number of nitrogens with zero attached hydrogens (tertiary/aromatic N) is 1. The summed E-state index contributed by atoms with van der Waals surface area (Å²) in [7, 11) is 0. The predicted octanol–water partition coefficient (Wildman–Crippen LogP) is 4.40. The maximum absolute atomic E-state index is 12.2. The van der Waals surface area contributed by atoms with Gasteiger partial charge in [0.1, 0.15) is 17.4 Å². The minimum absolute atomic E-state index is 0.0681. The van der Waals surface area contributed by atoms with Gasteiger partial charge in [0.2, 0.25) is 0 Å². The third-order valence-electron chi connectivity index (χ3n) is 7.22. The van der Waals surface area contributed by atoms with Crippen molar-refractivity contribution in [2.24, 2.45) is 17.8 Å². The fourth-order valence-electron chi connectivity index (χ4n) is 6.56. The van der Waals surface area contributed by atoms with Crippen LogP contribution in [0.2, 0.25) is 0 Å². The molecule has 0 radical (unpaired) electrons. The number of phenolic OH excluding ortho intramolecular Hbond substituents is 1. The summed E-state index contributed by atoms with van der Waals surface area (Å²) in [6.07, 6.45) is 7.87. The number of phenols is 1. The van der Waals surface area contributed by atoms with E-state index < -0.39 is 5.56 Å². The summed E-state index contributed by atoms with van der Waals surface area (Å²) < 4.78 is 0. The molecule has 6 rings (SSSR count). The maximum atomic E-state index is 12.2. The third kappa shape index (κ3) is 2.52. The maximum Gasteiger partial charge on any atom is 0.266 e. The molecule has 0 atom stereocenters. The molecule has 0 saturated heterocycles. The third-order valence-corrected chi connectivity index (χ3v) is 7.22. The van der Waals surface area contributed by atoms with E-state index in [1.807, 2.05) is 6.07 Å². The van der Waals surface area contributed by atoms with Crippen molar-refractivity contribution in [2.75, 3.05) is 0 Å². The predicted molar refractivity (Wildman–Crippen MR) is 103 cm³/mol. The normalized spacial score (nSPS) is 31.0. The number of hydrogen-bond acceptors (Lipinski definition) is 3. The molecule has 1 aromatic carbocycles. The summed E-state index contributed by atoms with van der Waals surface area (Å²) in [6.45, 7) is 1.80. The van der Waals surface area contributed by atoms with Crippen LogP contribution < -0.4 is 5.56 Å². The summed E-state index contributed by atoms with van der Waals surface area (Å²) in [5, 5.41) is 20.0. The molecule has 0 amide bonds. The number of rotatable bonds is 2. The van der Waals surface area contributed by atoms with E-state index >= 15 is 0 Å². The number of benzene rings is 1. The highest BCUT2D eigenvalue weighted by Gasteiger charge is 2.51. The molecular formula is C23H24N2O2. The fourth-order valence-corrected chi connectivity index (χ4v) is 6.56. The fraction of sp³-hybridized carbons (Fsp3) is 0.478. The van der Waals surface area contributed by atoms with E-state index in [0.717, 1.165) is 17.8 Å².